The van der Waals surface area contributed by atoms with E-state index in [9.17, 15) is 22.8 Å². The maximum atomic E-state index is 12.7. The minimum absolute atomic E-state index is 0.00786. The number of hydrogen-bond donors (Lipinski definition) is 1. The molecule has 2 aromatic carbocycles. The Kier molecular flexibility index (Phi) is 4.55. The van der Waals surface area contributed by atoms with Crippen molar-refractivity contribution in [1.29, 1.82) is 0 Å². The van der Waals surface area contributed by atoms with Crippen LogP contribution < -0.4 is 5.32 Å². The van der Waals surface area contributed by atoms with Crippen molar-refractivity contribution in [3.63, 3.8) is 0 Å². The van der Waals surface area contributed by atoms with E-state index < -0.39 is 22.6 Å². The molecule has 0 aromatic heterocycles. The van der Waals surface area contributed by atoms with E-state index in [1.165, 1.54) is 24.3 Å². The lowest BCUT2D eigenvalue weighted by atomic mass is 9.83. The Morgan fingerprint density at radius 2 is 1.81 bits per heavy atom. The summed E-state index contributed by atoms with van der Waals surface area (Å²) in [5.41, 5.74) is -4.66. The van der Waals surface area contributed by atoms with Gasteiger partial charge in [-0.2, -0.15) is 13.2 Å². The molecule has 7 heteroatoms. The van der Waals surface area contributed by atoms with E-state index in [1.54, 1.807) is 24.3 Å². The van der Waals surface area contributed by atoms with Crippen molar-refractivity contribution in [1.82, 2.24) is 0 Å². The number of anilines is 1. The van der Waals surface area contributed by atoms with Crippen LogP contribution in [0.5, 0.6) is 0 Å². The number of ketones is 1. The Hall–Kier alpha value is -2.72. The molecule has 0 saturated heterocycles. The van der Waals surface area contributed by atoms with E-state index in [1.807, 2.05) is 0 Å². The predicted molar refractivity (Wildman–Crippen MR) is 92.7 cm³/mol. The summed E-state index contributed by atoms with van der Waals surface area (Å²) < 4.78 is 37.1. The molecule has 0 bridgehead atoms. The van der Waals surface area contributed by atoms with E-state index in [0.717, 1.165) is 0 Å². The fourth-order valence-corrected chi connectivity index (χ4v) is 3.37. The van der Waals surface area contributed by atoms with Gasteiger partial charge in [0.05, 0.1) is 0 Å². The normalized spacial score (nSPS) is 18.9. The SMILES string of the molecule is C#CC1(C(=O)Nc2ccc(SC(F)(F)F)cc2)Cc2ccccc2C1=O. The van der Waals surface area contributed by atoms with Crippen LogP contribution >= 0.6 is 11.8 Å². The van der Waals surface area contributed by atoms with Gasteiger partial charge in [-0.25, -0.2) is 0 Å². The Balaban J connectivity index is 1.80. The zero-order valence-corrected chi connectivity index (χ0v) is 14.1. The molecule has 3 nitrogen and oxygen atoms in total. The second kappa shape index (κ2) is 6.54. The summed E-state index contributed by atoms with van der Waals surface area (Å²) in [4.78, 5) is 25.4. The molecule has 26 heavy (non-hydrogen) atoms. The first-order valence-corrected chi connectivity index (χ1v) is 8.34. The number of carbonyl (C=O) groups excluding carboxylic acids is 2. The number of nitrogens with one attached hydrogen (secondary N) is 1. The summed E-state index contributed by atoms with van der Waals surface area (Å²) >= 11 is -0.250. The van der Waals surface area contributed by atoms with Crippen molar-refractivity contribution in [2.24, 2.45) is 5.41 Å². The first kappa shape index (κ1) is 18.1. The predicted octanol–water partition coefficient (Wildman–Crippen LogP) is 4.30. The molecule has 0 aliphatic heterocycles. The third-order valence-corrected chi connectivity index (χ3v) is 4.82. The first-order valence-electron chi connectivity index (χ1n) is 7.53. The fraction of sp³-hybridized carbons (Fsp3) is 0.158. The molecular formula is C19H12F3NO2S. The second-order valence-electron chi connectivity index (χ2n) is 5.74. The molecule has 0 saturated carbocycles. The number of benzene rings is 2. The Morgan fingerprint density at radius 1 is 1.15 bits per heavy atom. The lowest BCUT2D eigenvalue weighted by molar-refractivity contribution is -0.120. The molecule has 0 heterocycles. The number of terminal acetylenes is 1. The van der Waals surface area contributed by atoms with Crippen molar-refractivity contribution in [2.45, 2.75) is 16.8 Å². The number of carbonyl (C=O) groups is 2. The zero-order chi connectivity index (χ0) is 18.9. The van der Waals surface area contributed by atoms with Gasteiger partial charge in [-0.05, 0) is 41.6 Å². The number of thioether (sulfide) groups is 1. The molecule has 132 valence electrons. The van der Waals surface area contributed by atoms with Crippen molar-refractivity contribution in [2.75, 3.05) is 5.32 Å². The van der Waals surface area contributed by atoms with Crippen LogP contribution in [0.25, 0.3) is 0 Å². The quantitative estimate of drug-likeness (QED) is 0.494. The molecule has 1 amide bonds. The highest BCUT2D eigenvalue weighted by Gasteiger charge is 2.50. The lowest BCUT2D eigenvalue weighted by Crippen LogP contribution is -2.40. The number of halogens is 3. The first-order chi connectivity index (χ1) is 12.2. The van der Waals surface area contributed by atoms with Gasteiger partial charge in [0.2, 0.25) is 0 Å². The Labute approximate surface area is 152 Å². The highest BCUT2D eigenvalue weighted by atomic mass is 32.2. The van der Waals surface area contributed by atoms with Gasteiger partial charge < -0.3 is 5.32 Å². The standard InChI is InChI=1S/C19H12F3NO2S/c1-2-18(11-12-5-3-4-6-15(12)16(18)24)17(25)23-13-7-9-14(10-8-13)26-19(20,21)22/h1,3-10H,11H2,(H,23,25). The van der Waals surface area contributed by atoms with Gasteiger partial charge in [-0.15, -0.1) is 6.42 Å². The van der Waals surface area contributed by atoms with Crippen LogP contribution in [0, 0.1) is 17.8 Å². The van der Waals surface area contributed by atoms with Crippen molar-refractivity contribution < 1.29 is 22.8 Å². The summed E-state index contributed by atoms with van der Waals surface area (Å²) in [6, 6.07) is 12.0. The number of hydrogen-bond acceptors (Lipinski definition) is 3. The van der Waals surface area contributed by atoms with Crippen molar-refractivity contribution in [3.8, 4) is 12.3 Å². The highest BCUT2D eigenvalue weighted by Crippen LogP contribution is 2.39. The maximum absolute atomic E-state index is 12.7. The Bertz CT molecular complexity index is 916. The molecule has 1 N–H and O–H groups in total. The van der Waals surface area contributed by atoms with Gasteiger partial charge in [0, 0.05) is 22.6 Å². The van der Waals surface area contributed by atoms with Crippen LogP contribution in [0.2, 0.25) is 0 Å². The van der Waals surface area contributed by atoms with Crippen LogP contribution in [0.1, 0.15) is 15.9 Å². The van der Waals surface area contributed by atoms with E-state index in [2.05, 4.69) is 11.2 Å². The average molecular weight is 375 g/mol. The number of rotatable bonds is 3. The van der Waals surface area contributed by atoms with Gasteiger partial charge in [-0.3, -0.25) is 9.59 Å². The van der Waals surface area contributed by atoms with Gasteiger partial charge in [0.1, 0.15) is 0 Å². The average Bonchev–Trinajstić information content (AvgIpc) is 2.89. The molecule has 1 aliphatic carbocycles. The Morgan fingerprint density at radius 3 is 2.38 bits per heavy atom. The van der Waals surface area contributed by atoms with Crippen molar-refractivity contribution in [3.05, 3.63) is 59.7 Å². The van der Waals surface area contributed by atoms with Crippen LogP contribution in [-0.2, 0) is 11.2 Å². The molecule has 1 aliphatic rings. The van der Waals surface area contributed by atoms with Crippen LogP contribution in [0.15, 0.2) is 53.4 Å². The molecule has 2 aromatic rings. The molecule has 1 unspecified atom stereocenters. The third kappa shape index (κ3) is 3.33. The molecule has 0 fully saturated rings. The largest absolute Gasteiger partial charge is 0.446 e. The topological polar surface area (TPSA) is 46.2 Å². The minimum atomic E-state index is -4.39. The van der Waals surface area contributed by atoms with Gasteiger partial charge in [-0.1, -0.05) is 30.2 Å². The number of alkyl halides is 3. The second-order valence-corrected chi connectivity index (χ2v) is 6.88. The van der Waals surface area contributed by atoms with Crippen molar-refractivity contribution >= 4 is 29.1 Å². The van der Waals surface area contributed by atoms with Gasteiger partial charge in [0.25, 0.3) is 5.91 Å². The third-order valence-electron chi connectivity index (χ3n) is 4.09. The molecule has 3 rings (SSSR count). The maximum Gasteiger partial charge on any atom is 0.446 e. The lowest BCUT2D eigenvalue weighted by Gasteiger charge is -2.20. The number of Topliss-reactive ketones (excluding diaryl/α,β-unsaturated/α-hetero) is 1. The van der Waals surface area contributed by atoms with Gasteiger partial charge in [0.15, 0.2) is 11.2 Å². The zero-order valence-electron chi connectivity index (χ0n) is 13.3. The van der Waals surface area contributed by atoms with E-state index in [0.29, 0.717) is 11.1 Å². The summed E-state index contributed by atoms with van der Waals surface area (Å²) in [7, 11) is 0. The molecular weight excluding hydrogens is 363 g/mol. The molecule has 0 radical (unpaired) electrons. The smallest absolute Gasteiger partial charge is 0.324 e. The van der Waals surface area contributed by atoms with Gasteiger partial charge >= 0.3 is 5.51 Å². The summed E-state index contributed by atoms with van der Waals surface area (Å²) in [5.74, 6) is 1.21. The van der Waals surface area contributed by atoms with Crippen LogP contribution in [0.3, 0.4) is 0 Å². The van der Waals surface area contributed by atoms with Crippen LogP contribution in [-0.4, -0.2) is 17.2 Å². The number of amides is 1. The fourth-order valence-electron chi connectivity index (χ4n) is 2.84. The molecule has 0 spiro atoms. The number of fused-ring (bicyclic) bond motifs is 1. The summed E-state index contributed by atoms with van der Waals surface area (Å²) in [5, 5.41) is 2.54. The molecule has 1 atom stereocenters. The minimum Gasteiger partial charge on any atom is -0.324 e. The van der Waals surface area contributed by atoms with E-state index in [4.69, 9.17) is 6.42 Å². The monoisotopic (exact) mass is 375 g/mol. The van der Waals surface area contributed by atoms with E-state index >= 15 is 0 Å². The highest BCUT2D eigenvalue weighted by molar-refractivity contribution is 8.00. The van der Waals surface area contributed by atoms with Crippen LogP contribution in [0.4, 0.5) is 18.9 Å². The van der Waals surface area contributed by atoms with E-state index in [-0.39, 0.29) is 28.8 Å². The summed E-state index contributed by atoms with van der Waals surface area (Å²) in [6.45, 7) is 0. The summed E-state index contributed by atoms with van der Waals surface area (Å²) in [6.07, 6.45) is 5.62.